The maximum Gasteiger partial charge on any atom is 0.119 e. The van der Waals surface area contributed by atoms with Crippen LogP contribution in [0.25, 0.3) is 0 Å². The normalized spacial score (nSPS) is 26.6. The summed E-state index contributed by atoms with van der Waals surface area (Å²) in [5, 5.41) is 0. The Labute approximate surface area is 160 Å². The van der Waals surface area contributed by atoms with Gasteiger partial charge in [-0.15, -0.1) is 0 Å². The van der Waals surface area contributed by atoms with E-state index in [1.54, 1.807) is 0 Å². The van der Waals surface area contributed by atoms with Crippen LogP contribution in [-0.2, 0) is 11.2 Å². The van der Waals surface area contributed by atoms with Crippen molar-refractivity contribution in [3.8, 4) is 5.75 Å². The highest BCUT2D eigenvalue weighted by molar-refractivity contribution is 5.28. The van der Waals surface area contributed by atoms with E-state index in [2.05, 4.69) is 49.9 Å². The second-order valence-electron chi connectivity index (χ2n) is 8.75. The van der Waals surface area contributed by atoms with Gasteiger partial charge < -0.3 is 9.47 Å². The van der Waals surface area contributed by atoms with Gasteiger partial charge in [0.2, 0.25) is 0 Å². The van der Waals surface area contributed by atoms with Crippen LogP contribution in [0.1, 0.15) is 58.4 Å². The molecule has 0 spiro atoms. The van der Waals surface area contributed by atoms with Crippen molar-refractivity contribution in [2.75, 3.05) is 26.2 Å². The molecule has 3 rings (SSSR count). The molecule has 1 aromatic rings. The molecular weight excluding hydrogens is 322 g/mol. The molecule has 3 atom stereocenters. The molecule has 0 bridgehead atoms. The first-order valence-corrected chi connectivity index (χ1v) is 10.7. The Morgan fingerprint density at radius 2 is 1.85 bits per heavy atom. The van der Waals surface area contributed by atoms with Crippen LogP contribution >= 0.6 is 0 Å². The number of hydrogen-bond acceptors (Lipinski definition) is 3. The van der Waals surface area contributed by atoms with Crippen LogP contribution in [0.15, 0.2) is 24.3 Å². The Balaban J connectivity index is 1.46. The average molecular weight is 360 g/mol. The topological polar surface area (TPSA) is 21.7 Å². The summed E-state index contributed by atoms with van der Waals surface area (Å²) in [6.07, 6.45) is 8.66. The highest BCUT2D eigenvalue weighted by atomic mass is 16.5. The summed E-state index contributed by atoms with van der Waals surface area (Å²) in [6, 6.07) is 8.76. The van der Waals surface area contributed by atoms with E-state index >= 15 is 0 Å². The fourth-order valence-corrected chi connectivity index (χ4v) is 4.67. The van der Waals surface area contributed by atoms with Gasteiger partial charge in [0.05, 0.1) is 18.8 Å². The number of hydrogen-bond donors (Lipinski definition) is 0. The Bertz CT molecular complexity index is 531. The van der Waals surface area contributed by atoms with Crippen molar-refractivity contribution in [2.45, 2.75) is 71.5 Å². The summed E-state index contributed by atoms with van der Waals surface area (Å²) in [5.41, 5.74) is 1.40. The van der Waals surface area contributed by atoms with E-state index in [4.69, 9.17) is 9.47 Å². The number of nitrogens with zero attached hydrogens (tertiary/aromatic N) is 1. The predicted molar refractivity (Wildman–Crippen MR) is 108 cm³/mol. The molecule has 0 aromatic heterocycles. The van der Waals surface area contributed by atoms with Crippen LogP contribution in [0, 0.1) is 11.8 Å². The van der Waals surface area contributed by atoms with Crippen molar-refractivity contribution in [3.05, 3.63) is 29.8 Å². The molecule has 26 heavy (non-hydrogen) atoms. The number of morpholine rings is 1. The van der Waals surface area contributed by atoms with Gasteiger partial charge in [-0.1, -0.05) is 38.3 Å². The summed E-state index contributed by atoms with van der Waals surface area (Å²) in [4.78, 5) is 2.56. The number of rotatable bonds is 7. The third-order valence-corrected chi connectivity index (χ3v) is 5.76. The van der Waals surface area contributed by atoms with E-state index in [0.29, 0.717) is 18.1 Å². The Morgan fingerprint density at radius 3 is 2.58 bits per heavy atom. The first-order valence-electron chi connectivity index (χ1n) is 10.7. The smallest absolute Gasteiger partial charge is 0.119 e. The van der Waals surface area contributed by atoms with E-state index in [1.165, 1.54) is 37.7 Å². The molecule has 1 heterocycles. The van der Waals surface area contributed by atoms with Gasteiger partial charge in [-0.05, 0) is 62.6 Å². The Hall–Kier alpha value is -1.06. The van der Waals surface area contributed by atoms with Gasteiger partial charge in [0.1, 0.15) is 5.75 Å². The lowest BCUT2D eigenvalue weighted by molar-refractivity contribution is -0.0708. The fourth-order valence-electron chi connectivity index (χ4n) is 4.67. The highest BCUT2D eigenvalue weighted by Crippen LogP contribution is 2.25. The Morgan fingerprint density at radius 1 is 1.12 bits per heavy atom. The van der Waals surface area contributed by atoms with Crippen LogP contribution in [0.3, 0.4) is 0 Å². The quantitative estimate of drug-likeness (QED) is 0.689. The van der Waals surface area contributed by atoms with Gasteiger partial charge >= 0.3 is 0 Å². The minimum absolute atomic E-state index is 0.350. The summed E-state index contributed by atoms with van der Waals surface area (Å²) >= 11 is 0. The highest BCUT2D eigenvalue weighted by Gasteiger charge is 2.23. The van der Waals surface area contributed by atoms with Crippen molar-refractivity contribution >= 4 is 0 Å². The van der Waals surface area contributed by atoms with Crippen LogP contribution in [0.5, 0.6) is 5.75 Å². The number of benzene rings is 1. The molecule has 2 aliphatic rings. The summed E-state index contributed by atoms with van der Waals surface area (Å²) in [7, 11) is 0. The van der Waals surface area contributed by atoms with Crippen LogP contribution in [-0.4, -0.2) is 43.3 Å². The van der Waals surface area contributed by atoms with Gasteiger partial charge in [-0.2, -0.15) is 0 Å². The first-order chi connectivity index (χ1) is 12.6. The molecule has 1 aliphatic carbocycles. The van der Waals surface area contributed by atoms with Gasteiger partial charge in [0.25, 0.3) is 0 Å². The summed E-state index contributed by atoms with van der Waals surface area (Å²) in [6.45, 7) is 10.9. The maximum absolute atomic E-state index is 6.12. The average Bonchev–Trinajstić information content (AvgIpc) is 2.60. The number of ether oxygens (including phenoxy) is 2. The Kier molecular flexibility index (Phi) is 7.39. The molecule has 0 radical (unpaired) electrons. The lowest BCUT2D eigenvalue weighted by Gasteiger charge is -2.36. The minimum Gasteiger partial charge on any atom is -0.493 e. The molecule has 1 aromatic carbocycles. The zero-order chi connectivity index (χ0) is 18.4. The molecule has 0 N–H and O–H groups in total. The van der Waals surface area contributed by atoms with Crippen molar-refractivity contribution in [3.63, 3.8) is 0 Å². The van der Waals surface area contributed by atoms with Crippen molar-refractivity contribution < 1.29 is 9.47 Å². The molecule has 2 fully saturated rings. The van der Waals surface area contributed by atoms with Crippen LogP contribution < -0.4 is 4.74 Å². The molecule has 0 amide bonds. The SMILES string of the molecule is CC(Cc1cccc(OCC2CCCCC2)c1)CN1CC(C)OC(C)C1. The zero-order valence-corrected chi connectivity index (χ0v) is 17.0. The maximum atomic E-state index is 6.12. The third-order valence-electron chi connectivity index (χ3n) is 5.76. The molecule has 1 saturated heterocycles. The molecule has 3 unspecified atom stereocenters. The molecule has 1 saturated carbocycles. The lowest BCUT2D eigenvalue weighted by atomic mass is 9.90. The standard InChI is InChI=1S/C23H37NO2/c1-18(14-24-15-19(2)26-20(3)16-24)12-22-10-7-11-23(13-22)25-17-21-8-5-4-6-9-21/h7,10-11,13,18-21H,4-6,8-9,12,14-17H2,1-3H3. The van der Waals surface area contributed by atoms with Crippen molar-refractivity contribution in [1.29, 1.82) is 0 Å². The molecular formula is C23H37NO2. The largest absolute Gasteiger partial charge is 0.493 e. The monoisotopic (exact) mass is 359 g/mol. The second-order valence-corrected chi connectivity index (χ2v) is 8.75. The zero-order valence-electron chi connectivity index (χ0n) is 17.0. The third kappa shape index (κ3) is 6.28. The van der Waals surface area contributed by atoms with Crippen LogP contribution in [0.2, 0.25) is 0 Å². The molecule has 3 nitrogen and oxygen atoms in total. The minimum atomic E-state index is 0.350. The molecule has 146 valence electrons. The van der Waals surface area contributed by atoms with E-state index in [0.717, 1.165) is 44.3 Å². The van der Waals surface area contributed by atoms with E-state index < -0.39 is 0 Å². The van der Waals surface area contributed by atoms with Crippen LogP contribution in [0.4, 0.5) is 0 Å². The van der Waals surface area contributed by atoms with Gasteiger partial charge in [-0.3, -0.25) is 4.90 Å². The lowest BCUT2D eigenvalue weighted by Crippen LogP contribution is -2.47. The second kappa shape index (κ2) is 9.75. The van der Waals surface area contributed by atoms with E-state index in [9.17, 15) is 0 Å². The molecule has 1 aliphatic heterocycles. The summed E-state index contributed by atoms with van der Waals surface area (Å²) < 4.78 is 12.0. The van der Waals surface area contributed by atoms with Gasteiger partial charge in [-0.25, -0.2) is 0 Å². The van der Waals surface area contributed by atoms with Crippen molar-refractivity contribution in [2.24, 2.45) is 11.8 Å². The fraction of sp³-hybridized carbons (Fsp3) is 0.739. The van der Waals surface area contributed by atoms with Gasteiger partial charge in [0, 0.05) is 19.6 Å². The van der Waals surface area contributed by atoms with E-state index in [1.807, 2.05) is 0 Å². The molecule has 3 heteroatoms. The van der Waals surface area contributed by atoms with Gasteiger partial charge in [0.15, 0.2) is 0 Å². The first kappa shape index (κ1) is 19.7. The van der Waals surface area contributed by atoms with E-state index in [-0.39, 0.29) is 0 Å². The van der Waals surface area contributed by atoms with Crippen molar-refractivity contribution in [1.82, 2.24) is 4.90 Å². The predicted octanol–water partition coefficient (Wildman–Crippen LogP) is 4.93. The summed E-state index contributed by atoms with van der Waals surface area (Å²) in [5.74, 6) is 2.45.